The molecule has 0 radical (unpaired) electrons. The Balaban J connectivity index is 1.82. The Morgan fingerprint density at radius 3 is 1.87 bits per heavy atom. The first-order valence-corrected chi connectivity index (χ1v) is 11.7. The molecule has 0 fully saturated rings. The standard InChI is InChI=1S/C23H20B2O12S/c26-19(15-5-3-13(35-11-21(27)28)8-17(15)24(32)33)10-37-25(34)18-9-14(36-12-22(29)30)4-6-16(18)23(31)20-2-1-7-38-20/h1-9,32-34H,10-12H2,(H,27,28)(H,29,30). The molecule has 15 heteroatoms. The van der Waals surface area contributed by atoms with Gasteiger partial charge in [0.15, 0.2) is 19.0 Å². The molecule has 1 aromatic heterocycles. The van der Waals surface area contributed by atoms with Gasteiger partial charge in [-0.25, -0.2) is 9.59 Å². The van der Waals surface area contributed by atoms with Crippen molar-refractivity contribution in [3.63, 3.8) is 0 Å². The van der Waals surface area contributed by atoms with Gasteiger partial charge in [0.05, 0.1) is 11.5 Å². The minimum atomic E-state index is -2.11. The first-order chi connectivity index (χ1) is 18.1. The number of carbonyl (C=O) groups is 4. The Bertz CT molecular complexity index is 1330. The van der Waals surface area contributed by atoms with Crippen molar-refractivity contribution in [1.82, 2.24) is 0 Å². The minimum absolute atomic E-state index is 0.0251. The Morgan fingerprint density at radius 1 is 0.763 bits per heavy atom. The summed E-state index contributed by atoms with van der Waals surface area (Å²) >= 11 is 1.17. The molecule has 38 heavy (non-hydrogen) atoms. The van der Waals surface area contributed by atoms with Crippen LogP contribution >= 0.6 is 11.3 Å². The van der Waals surface area contributed by atoms with E-state index in [9.17, 15) is 34.3 Å². The van der Waals surface area contributed by atoms with Crippen molar-refractivity contribution in [2.45, 2.75) is 0 Å². The molecule has 0 amide bonds. The summed E-state index contributed by atoms with van der Waals surface area (Å²) in [5.74, 6) is -3.72. The van der Waals surface area contributed by atoms with Gasteiger partial charge in [-0.1, -0.05) is 6.07 Å². The molecule has 2 aromatic carbocycles. The van der Waals surface area contributed by atoms with Gasteiger partial charge in [-0.05, 0) is 58.8 Å². The topological polar surface area (TPSA) is 197 Å². The third kappa shape index (κ3) is 7.50. The summed E-state index contributed by atoms with van der Waals surface area (Å²) in [6.45, 7) is -2.13. The van der Waals surface area contributed by atoms with Gasteiger partial charge in [0.25, 0.3) is 0 Å². The Hall–Kier alpha value is -4.01. The predicted octanol–water partition coefficient (Wildman–Crippen LogP) is -0.827. The zero-order valence-corrected chi connectivity index (χ0v) is 20.3. The van der Waals surface area contributed by atoms with E-state index < -0.39 is 57.6 Å². The van der Waals surface area contributed by atoms with Crippen LogP contribution in [0.4, 0.5) is 0 Å². The number of carbonyl (C=O) groups excluding carboxylic acids is 2. The molecule has 3 rings (SSSR count). The van der Waals surface area contributed by atoms with Crippen molar-refractivity contribution in [2.75, 3.05) is 19.8 Å². The third-order valence-corrected chi connectivity index (χ3v) is 5.85. The van der Waals surface area contributed by atoms with Gasteiger partial charge >= 0.3 is 26.2 Å². The van der Waals surface area contributed by atoms with Crippen molar-refractivity contribution in [3.8, 4) is 11.5 Å². The fourth-order valence-corrected chi connectivity index (χ4v) is 3.97. The summed E-state index contributed by atoms with van der Waals surface area (Å²) in [6.07, 6.45) is 0. The Kier molecular flexibility index (Phi) is 9.76. The number of rotatable bonds is 14. The molecule has 0 bridgehead atoms. The van der Waals surface area contributed by atoms with Gasteiger partial charge in [-0.15, -0.1) is 11.3 Å². The third-order valence-electron chi connectivity index (χ3n) is 4.98. The molecule has 196 valence electrons. The number of thiophene rings is 1. The van der Waals surface area contributed by atoms with E-state index >= 15 is 0 Å². The van der Waals surface area contributed by atoms with E-state index in [-0.39, 0.29) is 33.6 Å². The number of hydrogen-bond donors (Lipinski definition) is 5. The van der Waals surface area contributed by atoms with Crippen LogP contribution < -0.4 is 20.4 Å². The maximum atomic E-state index is 13.0. The predicted molar refractivity (Wildman–Crippen MR) is 135 cm³/mol. The summed E-state index contributed by atoms with van der Waals surface area (Å²) in [5.41, 5.74) is -0.530. The van der Waals surface area contributed by atoms with Crippen LogP contribution in [0.15, 0.2) is 53.9 Å². The van der Waals surface area contributed by atoms with E-state index in [0.29, 0.717) is 4.88 Å². The zero-order valence-electron chi connectivity index (χ0n) is 19.5. The van der Waals surface area contributed by atoms with Gasteiger partial charge in [0.1, 0.15) is 11.5 Å². The maximum Gasteiger partial charge on any atom is 0.492 e. The van der Waals surface area contributed by atoms with E-state index in [2.05, 4.69) is 0 Å². The fourth-order valence-electron chi connectivity index (χ4n) is 3.29. The van der Waals surface area contributed by atoms with E-state index in [1.807, 2.05) is 0 Å². The summed E-state index contributed by atoms with van der Waals surface area (Å²) < 4.78 is 15.4. The zero-order chi connectivity index (χ0) is 27.8. The lowest BCUT2D eigenvalue weighted by Gasteiger charge is -2.15. The Labute approximate surface area is 219 Å². The molecule has 0 aliphatic carbocycles. The molecule has 1 heterocycles. The summed E-state index contributed by atoms with van der Waals surface area (Å²) in [6, 6.07) is 10.7. The summed E-state index contributed by atoms with van der Waals surface area (Å²) in [4.78, 5) is 47.6. The number of carboxylic acid groups (broad SMARTS) is 2. The van der Waals surface area contributed by atoms with E-state index in [1.54, 1.807) is 17.5 Å². The first kappa shape index (κ1) is 28.6. The molecule has 0 aliphatic rings. The van der Waals surface area contributed by atoms with Crippen LogP contribution in [0.3, 0.4) is 0 Å². The second-order valence-electron chi connectivity index (χ2n) is 7.63. The molecular formula is C23H20B2O12S. The minimum Gasteiger partial charge on any atom is -0.482 e. The lowest BCUT2D eigenvalue weighted by molar-refractivity contribution is -0.140. The summed E-state index contributed by atoms with van der Waals surface area (Å²) in [5, 5.41) is 49.3. The van der Waals surface area contributed by atoms with Crippen LogP contribution in [0.1, 0.15) is 25.6 Å². The maximum absolute atomic E-state index is 13.0. The molecule has 3 aromatic rings. The van der Waals surface area contributed by atoms with Gasteiger partial charge in [0, 0.05) is 11.1 Å². The van der Waals surface area contributed by atoms with Gasteiger partial charge in [-0.3, -0.25) is 9.59 Å². The lowest BCUT2D eigenvalue weighted by Crippen LogP contribution is -2.40. The molecule has 0 spiro atoms. The van der Waals surface area contributed by atoms with E-state index in [4.69, 9.17) is 24.3 Å². The molecule has 0 saturated heterocycles. The molecule has 5 N–H and O–H groups in total. The number of hydrogen-bond acceptors (Lipinski definition) is 11. The molecule has 0 aliphatic heterocycles. The quantitative estimate of drug-likeness (QED) is 0.126. The number of Topliss-reactive ketones (excluding diaryl/α,β-unsaturated/α-hetero) is 1. The molecule has 0 saturated carbocycles. The van der Waals surface area contributed by atoms with Crippen molar-refractivity contribution in [2.24, 2.45) is 0 Å². The number of benzene rings is 2. The fraction of sp³-hybridized carbons (Fsp3) is 0.130. The molecular weight excluding hydrogens is 522 g/mol. The van der Waals surface area contributed by atoms with Crippen LogP contribution in [0, 0.1) is 0 Å². The highest BCUT2D eigenvalue weighted by molar-refractivity contribution is 7.12. The van der Waals surface area contributed by atoms with Crippen molar-refractivity contribution < 1.29 is 58.6 Å². The number of carboxylic acids is 2. The van der Waals surface area contributed by atoms with Gasteiger partial charge < -0.3 is 39.4 Å². The van der Waals surface area contributed by atoms with Crippen LogP contribution in [-0.2, 0) is 14.2 Å². The smallest absolute Gasteiger partial charge is 0.482 e. The van der Waals surface area contributed by atoms with Crippen LogP contribution in [-0.4, -0.2) is 82.8 Å². The van der Waals surface area contributed by atoms with Crippen LogP contribution in [0.5, 0.6) is 11.5 Å². The van der Waals surface area contributed by atoms with Crippen molar-refractivity contribution >= 4 is 60.0 Å². The van der Waals surface area contributed by atoms with Crippen molar-refractivity contribution in [1.29, 1.82) is 0 Å². The summed E-state index contributed by atoms with van der Waals surface area (Å²) in [7, 11) is -3.93. The van der Waals surface area contributed by atoms with Gasteiger partial charge in [0.2, 0.25) is 5.78 Å². The number of aliphatic carboxylic acids is 2. The molecule has 0 unspecified atom stereocenters. The van der Waals surface area contributed by atoms with Crippen LogP contribution in [0.2, 0.25) is 0 Å². The first-order valence-electron chi connectivity index (χ1n) is 10.8. The molecule has 12 nitrogen and oxygen atoms in total. The van der Waals surface area contributed by atoms with Gasteiger partial charge in [-0.2, -0.15) is 0 Å². The lowest BCUT2D eigenvalue weighted by atomic mass is 9.74. The van der Waals surface area contributed by atoms with E-state index in [1.165, 1.54) is 41.7 Å². The Morgan fingerprint density at radius 2 is 1.34 bits per heavy atom. The SMILES string of the molecule is O=C(O)COc1ccc(C(=O)COB(O)c2cc(OCC(=O)O)ccc2C(=O)c2cccs2)c(B(O)O)c1. The monoisotopic (exact) mass is 542 g/mol. The van der Waals surface area contributed by atoms with Crippen LogP contribution in [0.25, 0.3) is 0 Å². The van der Waals surface area contributed by atoms with Crippen molar-refractivity contribution in [3.05, 3.63) is 69.9 Å². The highest BCUT2D eigenvalue weighted by atomic mass is 32.1. The van der Waals surface area contributed by atoms with E-state index in [0.717, 1.165) is 6.07 Å². The average molecular weight is 542 g/mol. The normalized spacial score (nSPS) is 10.5. The molecule has 0 atom stereocenters. The second-order valence-corrected chi connectivity index (χ2v) is 8.58. The largest absolute Gasteiger partial charge is 0.492 e. The second kappa shape index (κ2) is 13.0. The number of ketones is 2. The average Bonchev–Trinajstić information content (AvgIpc) is 3.43. The highest BCUT2D eigenvalue weighted by Crippen LogP contribution is 2.18. The highest BCUT2D eigenvalue weighted by Gasteiger charge is 2.28. The number of ether oxygens (including phenoxy) is 2.